The zero-order valence-corrected chi connectivity index (χ0v) is 13.3. The van der Waals surface area contributed by atoms with Gasteiger partial charge in [-0.15, -0.1) is 0 Å². The van der Waals surface area contributed by atoms with Crippen molar-refractivity contribution in [2.75, 3.05) is 20.2 Å². The number of likely N-dealkylation sites (N-methyl/N-ethyl adjacent to an activating group) is 1. The van der Waals surface area contributed by atoms with Crippen LogP contribution in [0.5, 0.6) is 5.75 Å². The molecular weight excluding hydrogens is 290 g/mol. The van der Waals surface area contributed by atoms with Crippen molar-refractivity contribution in [3.63, 3.8) is 0 Å². The molecule has 0 radical (unpaired) electrons. The molecule has 1 aromatic heterocycles. The fraction of sp³-hybridized carbons (Fsp3) is 0.444. The number of amides is 1. The van der Waals surface area contributed by atoms with Crippen molar-refractivity contribution in [1.82, 2.24) is 14.5 Å². The van der Waals surface area contributed by atoms with Gasteiger partial charge in [0.05, 0.1) is 0 Å². The van der Waals surface area contributed by atoms with Gasteiger partial charge in [0, 0.05) is 44.5 Å². The summed E-state index contributed by atoms with van der Waals surface area (Å²) in [5.74, 6) is 2.46. The molecule has 4 rings (SSSR count). The quantitative estimate of drug-likeness (QED) is 0.872. The number of imidazole rings is 1. The van der Waals surface area contributed by atoms with Gasteiger partial charge in [-0.1, -0.05) is 18.2 Å². The van der Waals surface area contributed by atoms with Crippen LogP contribution in [-0.2, 0) is 17.8 Å². The second kappa shape index (κ2) is 5.72. The van der Waals surface area contributed by atoms with E-state index in [-0.39, 0.29) is 11.8 Å². The fourth-order valence-electron chi connectivity index (χ4n) is 3.68. The monoisotopic (exact) mass is 311 g/mol. The summed E-state index contributed by atoms with van der Waals surface area (Å²) in [6, 6.07) is 7.84. The molecule has 0 unspecified atom stereocenters. The van der Waals surface area contributed by atoms with Crippen molar-refractivity contribution in [1.29, 1.82) is 0 Å². The lowest BCUT2D eigenvalue weighted by molar-refractivity contribution is -0.132. The summed E-state index contributed by atoms with van der Waals surface area (Å²) in [6.45, 7) is 2.24. The molecule has 0 saturated heterocycles. The lowest BCUT2D eigenvalue weighted by atomic mass is 9.95. The number of carbonyl (C=O) groups excluding carboxylic acids is 1. The summed E-state index contributed by atoms with van der Waals surface area (Å²) in [6.07, 6.45) is 5.94. The number of rotatable bonds is 3. The first-order valence-corrected chi connectivity index (χ1v) is 8.19. The summed E-state index contributed by atoms with van der Waals surface area (Å²) in [5, 5.41) is 0. The smallest absolute Gasteiger partial charge is 0.233 e. The van der Waals surface area contributed by atoms with Gasteiger partial charge in [0.25, 0.3) is 0 Å². The first kappa shape index (κ1) is 14.3. The van der Waals surface area contributed by atoms with Crippen molar-refractivity contribution in [3.05, 3.63) is 48.0 Å². The molecule has 23 heavy (non-hydrogen) atoms. The van der Waals surface area contributed by atoms with Crippen molar-refractivity contribution in [2.24, 2.45) is 5.92 Å². The predicted octanol–water partition coefficient (Wildman–Crippen LogP) is 2.08. The largest absolute Gasteiger partial charge is 0.492 e. The number of aromatic nitrogens is 2. The molecule has 0 bridgehead atoms. The molecule has 2 aliphatic heterocycles. The summed E-state index contributed by atoms with van der Waals surface area (Å²) in [4.78, 5) is 19.1. The first-order chi connectivity index (χ1) is 11.2. The third-order valence-corrected chi connectivity index (χ3v) is 4.96. The van der Waals surface area contributed by atoms with E-state index in [0.717, 1.165) is 43.1 Å². The molecule has 2 aromatic rings. The van der Waals surface area contributed by atoms with Crippen molar-refractivity contribution < 1.29 is 9.53 Å². The molecule has 120 valence electrons. The molecule has 2 aliphatic rings. The average Bonchev–Trinajstić information content (AvgIpc) is 3.20. The van der Waals surface area contributed by atoms with Crippen LogP contribution in [-0.4, -0.2) is 40.6 Å². The maximum atomic E-state index is 12.8. The van der Waals surface area contributed by atoms with Gasteiger partial charge in [-0.05, 0) is 18.4 Å². The highest BCUT2D eigenvalue weighted by Gasteiger charge is 2.33. The molecule has 0 fully saturated rings. The molecule has 0 aliphatic carbocycles. The van der Waals surface area contributed by atoms with Gasteiger partial charge in [0.2, 0.25) is 5.91 Å². The van der Waals surface area contributed by atoms with Crippen molar-refractivity contribution in [2.45, 2.75) is 25.3 Å². The zero-order chi connectivity index (χ0) is 15.8. The summed E-state index contributed by atoms with van der Waals surface area (Å²) in [7, 11) is 1.91. The number of hydrogen-bond acceptors (Lipinski definition) is 3. The van der Waals surface area contributed by atoms with Crippen LogP contribution in [0.4, 0.5) is 0 Å². The van der Waals surface area contributed by atoms with Gasteiger partial charge < -0.3 is 14.2 Å². The molecule has 1 amide bonds. The number of hydrogen-bond donors (Lipinski definition) is 0. The second-order valence-corrected chi connectivity index (χ2v) is 6.52. The fourth-order valence-corrected chi connectivity index (χ4v) is 3.68. The van der Waals surface area contributed by atoms with Crippen LogP contribution in [0.1, 0.15) is 23.7 Å². The Morgan fingerprint density at radius 3 is 3.22 bits per heavy atom. The van der Waals surface area contributed by atoms with E-state index in [4.69, 9.17) is 4.74 Å². The highest BCUT2D eigenvalue weighted by Crippen LogP contribution is 2.34. The zero-order valence-electron chi connectivity index (χ0n) is 13.3. The van der Waals surface area contributed by atoms with Crippen LogP contribution >= 0.6 is 0 Å². The van der Waals surface area contributed by atoms with Gasteiger partial charge in [-0.2, -0.15) is 0 Å². The van der Waals surface area contributed by atoms with Crippen LogP contribution in [0.3, 0.4) is 0 Å². The van der Waals surface area contributed by atoms with Gasteiger partial charge in [-0.3, -0.25) is 4.79 Å². The Labute approximate surface area is 135 Å². The van der Waals surface area contributed by atoms with E-state index in [2.05, 4.69) is 9.55 Å². The maximum Gasteiger partial charge on any atom is 0.233 e. The number of carbonyl (C=O) groups is 1. The Balaban J connectivity index is 1.42. The lowest BCUT2D eigenvalue weighted by Crippen LogP contribution is -2.38. The average molecular weight is 311 g/mol. The molecular formula is C18H21N3O2. The topological polar surface area (TPSA) is 47.4 Å². The third-order valence-electron chi connectivity index (χ3n) is 4.96. The van der Waals surface area contributed by atoms with E-state index in [0.29, 0.717) is 12.5 Å². The van der Waals surface area contributed by atoms with Gasteiger partial charge in [-0.25, -0.2) is 4.98 Å². The number of fused-ring (bicyclic) bond motifs is 2. The van der Waals surface area contributed by atoms with Crippen LogP contribution in [0.2, 0.25) is 0 Å². The van der Waals surface area contributed by atoms with E-state index in [1.54, 1.807) is 0 Å². The van der Waals surface area contributed by atoms with E-state index < -0.39 is 0 Å². The summed E-state index contributed by atoms with van der Waals surface area (Å²) >= 11 is 0. The second-order valence-electron chi connectivity index (χ2n) is 6.52. The summed E-state index contributed by atoms with van der Waals surface area (Å²) in [5.41, 5.74) is 1.02. The lowest BCUT2D eigenvalue weighted by Gasteiger charge is -2.29. The first-order valence-electron chi connectivity index (χ1n) is 8.19. The Morgan fingerprint density at radius 1 is 1.43 bits per heavy atom. The Hall–Kier alpha value is -2.30. The number of nitrogens with zero attached hydrogens (tertiary/aromatic N) is 3. The maximum absolute atomic E-state index is 12.8. The number of para-hydroxylation sites is 1. The Bertz CT molecular complexity index is 725. The van der Waals surface area contributed by atoms with Crippen LogP contribution in [0.15, 0.2) is 36.7 Å². The predicted molar refractivity (Wildman–Crippen MR) is 86.4 cm³/mol. The van der Waals surface area contributed by atoms with Gasteiger partial charge in [0.15, 0.2) is 0 Å². The minimum Gasteiger partial charge on any atom is -0.492 e. The molecule has 0 spiro atoms. The number of ether oxygens (including phenoxy) is 1. The van der Waals surface area contributed by atoms with E-state index in [1.165, 1.54) is 0 Å². The van der Waals surface area contributed by atoms with Crippen molar-refractivity contribution in [3.8, 4) is 5.75 Å². The van der Waals surface area contributed by atoms with Gasteiger partial charge >= 0.3 is 0 Å². The molecule has 2 atom stereocenters. The van der Waals surface area contributed by atoms with Crippen LogP contribution < -0.4 is 4.74 Å². The summed E-state index contributed by atoms with van der Waals surface area (Å²) < 4.78 is 7.86. The third kappa shape index (κ3) is 2.60. The van der Waals surface area contributed by atoms with Crippen molar-refractivity contribution >= 4 is 5.91 Å². The Morgan fingerprint density at radius 2 is 2.30 bits per heavy atom. The number of aryl methyl sites for hydroxylation is 1. The normalized spacial score (nSPS) is 22.1. The molecule has 0 saturated carbocycles. The minimum atomic E-state index is -0.165. The highest BCUT2D eigenvalue weighted by atomic mass is 16.5. The molecule has 5 heteroatoms. The van der Waals surface area contributed by atoms with E-state index in [9.17, 15) is 4.79 Å². The standard InChI is InChI=1S/C18H21N3O2/c1-20(11-13-6-8-21-9-7-19-17(21)10-13)18(22)15-12-23-16-5-3-2-4-14(15)16/h2-5,7,9,13,15H,6,8,10-12H2,1H3/t13-,15+/m1/s1. The highest BCUT2D eigenvalue weighted by molar-refractivity contribution is 5.85. The van der Waals surface area contributed by atoms with Gasteiger partial charge in [0.1, 0.15) is 24.1 Å². The SMILES string of the molecule is CN(C[C@@H]1CCn2ccnc2C1)C(=O)[C@H]1COc2ccccc21. The minimum absolute atomic E-state index is 0.156. The Kier molecular flexibility index (Phi) is 3.56. The van der Waals surface area contributed by atoms with Crippen LogP contribution in [0, 0.1) is 5.92 Å². The molecule has 0 N–H and O–H groups in total. The van der Waals surface area contributed by atoms with Crippen LogP contribution in [0.25, 0.3) is 0 Å². The number of benzene rings is 1. The molecule has 5 nitrogen and oxygen atoms in total. The van der Waals surface area contributed by atoms with E-state index in [1.807, 2.05) is 48.6 Å². The molecule has 1 aromatic carbocycles. The molecule has 3 heterocycles. The van der Waals surface area contributed by atoms with E-state index >= 15 is 0 Å².